The highest BCUT2D eigenvalue weighted by Crippen LogP contribution is 2.37. The van der Waals surface area contributed by atoms with Crippen molar-refractivity contribution in [1.82, 2.24) is 0 Å². The molecule has 1 heterocycles. The Balaban J connectivity index is 2.43. The van der Waals surface area contributed by atoms with E-state index in [4.69, 9.17) is 0 Å². The van der Waals surface area contributed by atoms with Crippen molar-refractivity contribution < 1.29 is 10.0 Å². The van der Waals surface area contributed by atoms with Crippen molar-refractivity contribution in [3.05, 3.63) is 33.9 Å². The first-order valence-corrected chi connectivity index (χ1v) is 7.15. The molecule has 1 aromatic rings. The van der Waals surface area contributed by atoms with Gasteiger partial charge in [0.25, 0.3) is 5.69 Å². The van der Waals surface area contributed by atoms with E-state index in [0.29, 0.717) is 23.2 Å². The summed E-state index contributed by atoms with van der Waals surface area (Å²) in [6.07, 6.45) is 1.45. The van der Waals surface area contributed by atoms with Crippen LogP contribution in [0.25, 0.3) is 0 Å². The van der Waals surface area contributed by atoms with Crippen LogP contribution in [0.1, 0.15) is 45.3 Å². The predicted octanol–water partition coefficient (Wildman–Crippen LogP) is 3.27. The Labute approximate surface area is 119 Å². The minimum Gasteiger partial charge on any atom is -0.389 e. The normalized spacial score (nSPS) is 20.4. The zero-order chi connectivity index (χ0) is 14.9. The summed E-state index contributed by atoms with van der Waals surface area (Å²) in [7, 11) is 0. The van der Waals surface area contributed by atoms with Crippen molar-refractivity contribution in [1.29, 1.82) is 0 Å². The van der Waals surface area contributed by atoms with Gasteiger partial charge in [-0.25, -0.2) is 0 Å². The Bertz CT molecular complexity index is 500. The summed E-state index contributed by atoms with van der Waals surface area (Å²) < 4.78 is 0. The van der Waals surface area contributed by atoms with Crippen molar-refractivity contribution in [3.63, 3.8) is 0 Å². The van der Waals surface area contributed by atoms with E-state index >= 15 is 0 Å². The molecule has 20 heavy (non-hydrogen) atoms. The monoisotopic (exact) mass is 278 g/mol. The van der Waals surface area contributed by atoms with Crippen LogP contribution in [0.4, 0.5) is 11.4 Å². The molecular formula is C15H22N2O3. The molecule has 1 saturated heterocycles. The van der Waals surface area contributed by atoms with Crippen LogP contribution in [-0.4, -0.2) is 22.6 Å². The zero-order valence-corrected chi connectivity index (χ0v) is 12.2. The first-order chi connectivity index (χ1) is 9.41. The van der Waals surface area contributed by atoms with Crippen molar-refractivity contribution in [2.24, 2.45) is 5.92 Å². The summed E-state index contributed by atoms with van der Waals surface area (Å²) >= 11 is 0. The van der Waals surface area contributed by atoms with Gasteiger partial charge in [0.1, 0.15) is 5.69 Å². The third-order valence-electron chi connectivity index (χ3n) is 4.06. The van der Waals surface area contributed by atoms with E-state index in [9.17, 15) is 15.2 Å². The number of nitro benzene ring substituents is 1. The fourth-order valence-electron chi connectivity index (χ4n) is 2.97. The van der Waals surface area contributed by atoms with E-state index in [-0.39, 0.29) is 10.6 Å². The van der Waals surface area contributed by atoms with Crippen molar-refractivity contribution in [2.75, 3.05) is 11.4 Å². The van der Waals surface area contributed by atoms with Gasteiger partial charge in [0.2, 0.25) is 0 Å². The molecule has 0 amide bonds. The maximum absolute atomic E-state index is 11.3. The fraction of sp³-hybridized carbons (Fsp3) is 0.600. The van der Waals surface area contributed by atoms with Gasteiger partial charge in [0, 0.05) is 18.7 Å². The van der Waals surface area contributed by atoms with Crippen LogP contribution in [0.3, 0.4) is 0 Å². The van der Waals surface area contributed by atoms with Crippen LogP contribution in [-0.2, 0) is 0 Å². The molecule has 1 fully saturated rings. The van der Waals surface area contributed by atoms with Crippen molar-refractivity contribution in [3.8, 4) is 0 Å². The molecule has 2 rings (SSSR count). The Kier molecular flexibility index (Phi) is 4.28. The largest absolute Gasteiger partial charge is 0.389 e. The zero-order valence-electron chi connectivity index (χ0n) is 12.2. The van der Waals surface area contributed by atoms with Crippen LogP contribution in [0.2, 0.25) is 0 Å². The van der Waals surface area contributed by atoms with Gasteiger partial charge < -0.3 is 10.0 Å². The number of hydrogen-bond acceptors (Lipinski definition) is 4. The SMILES string of the molecule is CC(O)c1ccc(N2CCCC2C(C)C)c([N+](=O)[O-])c1. The number of anilines is 1. The van der Waals surface area contributed by atoms with E-state index in [2.05, 4.69) is 18.7 Å². The number of aliphatic hydroxyl groups excluding tert-OH is 1. The van der Waals surface area contributed by atoms with Gasteiger partial charge in [-0.05, 0) is 37.3 Å². The first kappa shape index (κ1) is 14.8. The highest BCUT2D eigenvalue weighted by atomic mass is 16.6. The number of rotatable bonds is 4. The van der Waals surface area contributed by atoms with E-state index in [1.807, 2.05) is 0 Å². The maximum Gasteiger partial charge on any atom is 0.292 e. The summed E-state index contributed by atoms with van der Waals surface area (Å²) in [6.45, 7) is 6.78. The molecule has 1 aliphatic rings. The van der Waals surface area contributed by atoms with Crippen molar-refractivity contribution >= 4 is 11.4 Å². The second-order valence-corrected chi connectivity index (χ2v) is 5.83. The summed E-state index contributed by atoms with van der Waals surface area (Å²) in [5.41, 5.74) is 1.35. The van der Waals surface area contributed by atoms with Gasteiger partial charge in [0.05, 0.1) is 11.0 Å². The topological polar surface area (TPSA) is 66.6 Å². The Morgan fingerprint density at radius 1 is 1.40 bits per heavy atom. The number of aliphatic hydroxyl groups is 1. The number of hydrogen-bond donors (Lipinski definition) is 1. The Morgan fingerprint density at radius 2 is 2.10 bits per heavy atom. The minimum atomic E-state index is -0.692. The van der Waals surface area contributed by atoms with Gasteiger partial charge in [-0.3, -0.25) is 10.1 Å². The molecule has 1 aromatic carbocycles. The molecule has 5 nitrogen and oxygen atoms in total. The molecule has 0 spiro atoms. The quantitative estimate of drug-likeness (QED) is 0.678. The fourth-order valence-corrected chi connectivity index (χ4v) is 2.97. The van der Waals surface area contributed by atoms with Crippen molar-refractivity contribution in [2.45, 2.75) is 45.8 Å². The average Bonchev–Trinajstić information content (AvgIpc) is 2.86. The van der Waals surface area contributed by atoms with Crippen LogP contribution in [0, 0.1) is 16.0 Å². The molecule has 1 aliphatic heterocycles. The molecule has 0 bridgehead atoms. The lowest BCUT2D eigenvalue weighted by Crippen LogP contribution is -2.33. The molecule has 5 heteroatoms. The Hall–Kier alpha value is -1.62. The molecule has 0 aliphatic carbocycles. The second kappa shape index (κ2) is 5.79. The lowest BCUT2D eigenvalue weighted by Gasteiger charge is -2.29. The highest BCUT2D eigenvalue weighted by molar-refractivity contribution is 5.65. The lowest BCUT2D eigenvalue weighted by atomic mass is 10.0. The number of nitrogens with zero attached hydrogens (tertiary/aromatic N) is 2. The molecule has 1 N–H and O–H groups in total. The smallest absolute Gasteiger partial charge is 0.292 e. The number of benzene rings is 1. The summed E-state index contributed by atoms with van der Waals surface area (Å²) in [4.78, 5) is 13.1. The Morgan fingerprint density at radius 3 is 2.65 bits per heavy atom. The third-order valence-corrected chi connectivity index (χ3v) is 4.06. The lowest BCUT2D eigenvalue weighted by molar-refractivity contribution is -0.384. The third kappa shape index (κ3) is 2.77. The first-order valence-electron chi connectivity index (χ1n) is 7.15. The average molecular weight is 278 g/mol. The molecule has 0 aromatic heterocycles. The van der Waals surface area contributed by atoms with E-state index in [1.165, 1.54) is 6.07 Å². The van der Waals surface area contributed by atoms with Crippen LogP contribution < -0.4 is 4.90 Å². The minimum absolute atomic E-state index is 0.0935. The standard InChI is InChI=1S/C15H22N2O3/c1-10(2)13-5-4-8-16(13)14-7-6-12(11(3)18)9-15(14)17(19)20/h6-7,9-11,13,18H,4-5,8H2,1-3H3. The number of nitro groups is 1. The van der Waals surface area contributed by atoms with Crippen LogP contribution >= 0.6 is 0 Å². The van der Waals surface area contributed by atoms with Crippen LogP contribution in [0.5, 0.6) is 0 Å². The van der Waals surface area contributed by atoms with E-state index in [1.54, 1.807) is 19.1 Å². The van der Waals surface area contributed by atoms with Gasteiger partial charge in [0.15, 0.2) is 0 Å². The van der Waals surface area contributed by atoms with Gasteiger partial charge in [-0.1, -0.05) is 19.9 Å². The molecule has 110 valence electrons. The molecule has 0 radical (unpaired) electrons. The summed E-state index contributed by atoms with van der Waals surface area (Å²) in [5, 5.41) is 20.9. The molecule has 2 unspecified atom stereocenters. The van der Waals surface area contributed by atoms with E-state index < -0.39 is 6.10 Å². The second-order valence-electron chi connectivity index (χ2n) is 5.83. The predicted molar refractivity (Wildman–Crippen MR) is 78.9 cm³/mol. The molecule has 2 atom stereocenters. The summed E-state index contributed by atoms with van der Waals surface area (Å²) in [6, 6.07) is 5.41. The van der Waals surface area contributed by atoms with Crippen LogP contribution in [0.15, 0.2) is 18.2 Å². The highest BCUT2D eigenvalue weighted by Gasteiger charge is 2.31. The van der Waals surface area contributed by atoms with Gasteiger partial charge >= 0.3 is 0 Å². The van der Waals surface area contributed by atoms with Gasteiger partial charge in [-0.15, -0.1) is 0 Å². The maximum atomic E-state index is 11.3. The van der Waals surface area contributed by atoms with Gasteiger partial charge in [-0.2, -0.15) is 0 Å². The van der Waals surface area contributed by atoms with E-state index in [0.717, 1.165) is 19.4 Å². The molecular weight excluding hydrogens is 256 g/mol. The summed E-state index contributed by atoms with van der Waals surface area (Å²) in [5.74, 6) is 0.466. The molecule has 0 saturated carbocycles.